The number of rotatable bonds is 4. The fourth-order valence-electron chi connectivity index (χ4n) is 2.85. The lowest BCUT2D eigenvalue weighted by Gasteiger charge is -2.33. The van der Waals surface area contributed by atoms with Crippen LogP contribution in [0.4, 0.5) is 0 Å². The van der Waals surface area contributed by atoms with Crippen LogP contribution in [0.25, 0.3) is 0 Å². The Morgan fingerprint density at radius 3 is 2.20 bits per heavy atom. The Balaban J connectivity index is 1.80. The van der Waals surface area contributed by atoms with E-state index >= 15 is 0 Å². The summed E-state index contributed by atoms with van der Waals surface area (Å²) in [6.45, 7) is 1.16. The maximum Gasteiger partial charge on any atom is 0.332 e. The van der Waals surface area contributed by atoms with Gasteiger partial charge < -0.3 is 20.5 Å². The first-order valence-corrected chi connectivity index (χ1v) is 6.92. The first-order chi connectivity index (χ1) is 9.47. The molecule has 7 heteroatoms. The summed E-state index contributed by atoms with van der Waals surface area (Å²) >= 11 is 0. The minimum absolute atomic E-state index is 0.133. The molecule has 0 aromatic heterocycles. The number of piperidine rings is 1. The van der Waals surface area contributed by atoms with Crippen LogP contribution in [-0.4, -0.2) is 53.1 Å². The van der Waals surface area contributed by atoms with Crippen molar-refractivity contribution in [3.05, 3.63) is 0 Å². The number of carbonyl (C=O) groups is 3. The van der Waals surface area contributed by atoms with E-state index < -0.39 is 18.2 Å². The van der Waals surface area contributed by atoms with Crippen LogP contribution in [0.2, 0.25) is 0 Å². The second kappa shape index (κ2) is 6.21. The van der Waals surface area contributed by atoms with Gasteiger partial charge in [-0.15, -0.1) is 0 Å². The van der Waals surface area contributed by atoms with E-state index in [-0.39, 0.29) is 17.7 Å². The highest BCUT2D eigenvalue weighted by Gasteiger charge is 2.37. The molecule has 3 N–H and O–H groups in total. The number of hydrogen-bond acceptors (Lipinski definition) is 4. The van der Waals surface area contributed by atoms with E-state index in [0.717, 1.165) is 12.8 Å². The van der Waals surface area contributed by atoms with Crippen molar-refractivity contribution >= 4 is 17.8 Å². The summed E-state index contributed by atoms with van der Waals surface area (Å²) in [7, 11) is 0. The molecular formula is C13H20N2O5. The number of carboxylic acids is 1. The van der Waals surface area contributed by atoms with E-state index in [2.05, 4.69) is 0 Å². The number of aliphatic carboxylic acids is 1. The average Bonchev–Trinajstić information content (AvgIpc) is 2.88. The number of likely N-dealkylation sites (tertiary alicyclic amines) is 1. The van der Waals surface area contributed by atoms with Crippen LogP contribution in [0.15, 0.2) is 0 Å². The quantitative estimate of drug-likeness (QED) is 0.738. The van der Waals surface area contributed by atoms with Gasteiger partial charge >= 0.3 is 5.97 Å². The summed E-state index contributed by atoms with van der Waals surface area (Å²) in [5.74, 6) is -1.21. The molecule has 112 valence electrons. The summed E-state index contributed by atoms with van der Waals surface area (Å²) < 4.78 is 5.26. The van der Waals surface area contributed by atoms with Gasteiger partial charge in [-0.3, -0.25) is 9.59 Å². The standard InChI is InChI=1S/C13H20N2O5/c14-11(16)7-8-3-5-15(6-4-8)12(17)9-1-2-10(20-9)13(18)19/h8-10H,1-7H2,(H2,14,16)(H,18,19)/t9-,10+/m0/s1. The molecule has 2 atom stereocenters. The van der Waals surface area contributed by atoms with Gasteiger partial charge in [0.2, 0.25) is 5.91 Å². The van der Waals surface area contributed by atoms with Gasteiger partial charge in [0.15, 0.2) is 6.10 Å². The molecule has 0 spiro atoms. The fourth-order valence-corrected chi connectivity index (χ4v) is 2.85. The molecule has 2 aliphatic rings. The van der Waals surface area contributed by atoms with Crippen molar-refractivity contribution < 1.29 is 24.2 Å². The van der Waals surface area contributed by atoms with Crippen molar-refractivity contribution in [3.8, 4) is 0 Å². The molecule has 2 heterocycles. The van der Waals surface area contributed by atoms with Crippen molar-refractivity contribution in [3.63, 3.8) is 0 Å². The van der Waals surface area contributed by atoms with Crippen molar-refractivity contribution in [1.29, 1.82) is 0 Å². The molecule has 0 aromatic rings. The fraction of sp³-hybridized carbons (Fsp3) is 0.769. The Labute approximate surface area is 117 Å². The molecule has 20 heavy (non-hydrogen) atoms. The van der Waals surface area contributed by atoms with E-state index in [0.29, 0.717) is 32.4 Å². The predicted molar refractivity (Wildman–Crippen MR) is 68.6 cm³/mol. The molecule has 2 saturated heterocycles. The predicted octanol–water partition coefficient (Wildman–Crippen LogP) is -0.267. The van der Waals surface area contributed by atoms with Gasteiger partial charge in [-0.05, 0) is 31.6 Å². The molecule has 2 amide bonds. The Bertz CT molecular complexity index is 404. The molecule has 0 unspecified atom stereocenters. The molecule has 0 aromatic carbocycles. The number of carboxylic acid groups (broad SMARTS) is 1. The van der Waals surface area contributed by atoms with Gasteiger partial charge in [0, 0.05) is 19.5 Å². The Hall–Kier alpha value is -1.63. The van der Waals surface area contributed by atoms with Gasteiger partial charge in [0.25, 0.3) is 5.91 Å². The zero-order valence-corrected chi connectivity index (χ0v) is 11.3. The zero-order valence-electron chi connectivity index (χ0n) is 11.3. The first kappa shape index (κ1) is 14.8. The number of primary amides is 1. The number of nitrogens with two attached hydrogens (primary N) is 1. The highest BCUT2D eigenvalue weighted by Crippen LogP contribution is 2.25. The second-order valence-electron chi connectivity index (χ2n) is 5.47. The van der Waals surface area contributed by atoms with Gasteiger partial charge in [-0.2, -0.15) is 0 Å². The average molecular weight is 284 g/mol. The van der Waals surface area contributed by atoms with Crippen LogP contribution >= 0.6 is 0 Å². The van der Waals surface area contributed by atoms with E-state index in [1.54, 1.807) is 4.90 Å². The summed E-state index contributed by atoms with van der Waals surface area (Å²) in [5.41, 5.74) is 5.17. The maximum absolute atomic E-state index is 12.2. The normalized spacial score (nSPS) is 27.5. The molecule has 0 saturated carbocycles. The van der Waals surface area contributed by atoms with E-state index in [9.17, 15) is 14.4 Å². The third kappa shape index (κ3) is 3.47. The van der Waals surface area contributed by atoms with E-state index in [1.165, 1.54) is 0 Å². The van der Waals surface area contributed by atoms with Crippen molar-refractivity contribution in [1.82, 2.24) is 4.90 Å². The number of carbonyl (C=O) groups excluding carboxylic acids is 2. The molecule has 2 fully saturated rings. The van der Waals surface area contributed by atoms with Crippen LogP contribution in [0.1, 0.15) is 32.1 Å². The van der Waals surface area contributed by atoms with Crippen LogP contribution < -0.4 is 5.73 Å². The molecule has 0 bridgehead atoms. The zero-order chi connectivity index (χ0) is 14.7. The molecule has 0 aliphatic carbocycles. The SMILES string of the molecule is NC(=O)CC1CCN(C(=O)[C@@H]2CC[C@H](C(=O)O)O2)CC1. The van der Waals surface area contributed by atoms with Crippen LogP contribution in [0, 0.1) is 5.92 Å². The van der Waals surface area contributed by atoms with Crippen molar-refractivity contribution in [2.45, 2.75) is 44.3 Å². The lowest BCUT2D eigenvalue weighted by Crippen LogP contribution is -2.44. The highest BCUT2D eigenvalue weighted by molar-refractivity contribution is 5.83. The van der Waals surface area contributed by atoms with Crippen LogP contribution in [0.5, 0.6) is 0 Å². The largest absolute Gasteiger partial charge is 0.479 e. The van der Waals surface area contributed by atoms with Gasteiger partial charge in [-0.25, -0.2) is 4.79 Å². The summed E-state index contributed by atoms with van der Waals surface area (Å²) in [4.78, 5) is 35.6. The Morgan fingerprint density at radius 2 is 1.70 bits per heavy atom. The number of hydrogen-bond donors (Lipinski definition) is 2. The Morgan fingerprint density at radius 1 is 1.10 bits per heavy atom. The smallest absolute Gasteiger partial charge is 0.332 e. The van der Waals surface area contributed by atoms with Gasteiger partial charge in [0.05, 0.1) is 0 Å². The summed E-state index contributed by atoms with van der Waals surface area (Å²) in [5, 5.41) is 8.85. The molecule has 2 rings (SSSR count). The van der Waals surface area contributed by atoms with Gasteiger partial charge in [-0.1, -0.05) is 0 Å². The topological polar surface area (TPSA) is 110 Å². The molecule has 2 aliphatic heterocycles. The number of nitrogens with zero attached hydrogens (tertiary/aromatic N) is 1. The van der Waals surface area contributed by atoms with Crippen LogP contribution in [-0.2, 0) is 19.1 Å². The molecule has 7 nitrogen and oxygen atoms in total. The lowest BCUT2D eigenvalue weighted by molar-refractivity contribution is -0.155. The number of ether oxygens (including phenoxy) is 1. The van der Waals surface area contributed by atoms with Crippen molar-refractivity contribution in [2.24, 2.45) is 11.7 Å². The second-order valence-corrected chi connectivity index (χ2v) is 5.47. The highest BCUT2D eigenvalue weighted by atomic mass is 16.5. The molecule has 0 radical (unpaired) electrons. The molecular weight excluding hydrogens is 264 g/mol. The monoisotopic (exact) mass is 284 g/mol. The van der Waals surface area contributed by atoms with Crippen LogP contribution in [0.3, 0.4) is 0 Å². The van der Waals surface area contributed by atoms with E-state index in [4.69, 9.17) is 15.6 Å². The minimum Gasteiger partial charge on any atom is -0.479 e. The minimum atomic E-state index is -1.01. The summed E-state index contributed by atoms with van der Waals surface area (Å²) in [6.07, 6.45) is 1.21. The van der Waals surface area contributed by atoms with Gasteiger partial charge in [0.1, 0.15) is 6.10 Å². The lowest BCUT2D eigenvalue weighted by atomic mass is 9.93. The number of amides is 2. The van der Waals surface area contributed by atoms with E-state index in [1.807, 2.05) is 0 Å². The Kier molecular flexibility index (Phi) is 4.59. The van der Waals surface area contributed by atoms with Crippen molar-refractivity contribution in [2.75, 3.05) is 13.1 Å². The third-order valence-corrected chi connectivity index (χ3v) is 3.99. The summed E-state index contributed by atoms with van der Waals surface area (Å²) in [6, 6.07) is 0. The third-order valence-electron chi connectivity index (χ3n) is 3.99. The maximum atomic E-state index is 12.2. The first-order valence-electron chi connectivity index (χ1n) is 6.92.